The fourth-order valence-corrected chi connectivity index (χ4v) is 12.6. The van der Waals surface area contributed by atoms with Gasteiger partial charge in [-0.25, -0.2) is 0 Å². The summed E-state index contributed by atoms with van der Waals surface area (Å²) in [7, 11) is 0. The zero-order valence-electron chi connectivity index (χ0n) is 36.9. The molecular formula is C60H50N2. The van der Waals surface area contributed by atoms with E-state index in [2.05, 4.69) is 223 Å². The van der Waals surface area contributed by atoms with E-state index in [1.54, 1.807) is 0 Å². The molecule has 0 spiro atoms. The van der Waals surface area contributed by atoms with Crippen molar-refractivity contribution in [1.29, 1.82) is 0 Å². The molecule has 2 aliphatic heterocycles. The molecule has 0 unspecified atom stereocenters. The smallest absolute Gasteiger partial charge is 0.0583 e. The van der Waals surface area contributed by atoms with Crippen LogP contribution in [-0.2, 0) is 21.7 Å². The zero-order valence-corrected chi connectivity index (χ0v) is 36.9. The summed E-state index contributed by atoms with van der Waals surface area (Å²) < 4.78 is 2.63. The van der Waals surface area contributed by atoms with Gasteiger partial charge in [0.2, 0.25) is 0 Å². The van der Waals surface area contributed by atoms with Gasteiger partial charge < -0.3 is 9.47 Å². The molecule has 0 saturated heterocycles. The number of hydrogen-bond donors (Lipinski definition) is 0. The first-order valence-electron chi connectivity index (χ1n) is 22.4. The number of benzene rings is 8. The fourth-order valence-electron chi connectivity index (χ4n) is 12.6. The van der Waals surface area contributed by atoms with Crippen LogP contribution in [0.15, 0.2) is 158 Å². The van der Waals surface area contributed by atoms with Crippen LogP contribution < -0.4 is 4.90 Å². The maximum atomic E-state index is 2.63. The lowest BCUT2D eigenvalue weighted by atomic mass is 9.68. The van der Waals surface area contributed by atoms with Crippen LogP contribution in [0.3, 0.4) is 0 Å². The molecule has 0 N–H and O–H groups in total. The molecule has 2 aliphatic carbocycles. The Morgan fingerprint density at radius 2 is 0.806 bits per heavy atom. The number of anilines is 3. The summed E-state index contributed by atoms with van der Waals surface area (Å²) in [6.45, 7) is 19.2. The molecule has 2 nitrogen and oxygen atoms in total. The van der Waals surface area contributed by atoms with Crippen LogP contribution in [0.25, 0.3) is 60.9 Å². The lowest BCUT2D eigenvalue weighted by molar-refractivity contribution is 0.593. The summed E-state index contributed by atoms with van der Waals surface area (Å²) in [4.78, 5) is 2.55. The highest BCUT2D eigenvalue weighted by Crippen LogP contribution is 2.57. The Kier molecular flexibility index (Phi) is 6.76. The number of rotatable bonds is 4. The van der Waals surface area contributed by atoms with Gasteiger partial charge in [0.05, 0.1) is 16.7 Å². The molecule has 300 valence electrons. The second kappa shape index (κ2) is 11.6. The van der Waals surface area contributed by atoms with E-state index in [1.807, 2.05) is 0 Å². The second-order valence-electron chi connectivity index (χ2n) is 20.6. The van der Waals surface area contributed by atoms with Crippen LogP contribution in [0.5, 0.6) is 0 Å². The van der Waals surface area contributed by atoms with Crippen LogP contribution in [0.1, 0.15) is 99.9 Å². The van der Waals surface area contributed by atoms with Gasteiger partial charge in [-0.1, -0.05) is 171 Å². The summed E-state index contributed by atoms with van der Waals surface area (Å²) in [5, 5.41) is 2.64. The molecule has 0 fully saturated rings. The molecule has 3 heterocycles. The zero-order chi connectivity index (χ0) is 42.2. The third kappa shape index (κ3) is 4.35. The van der Waals surface area contributed by atoms with E-state index in [0.29, 0.717) is 0 Å². The van der Waals surface area contributed by atoms with Crippen molar-refractivity contribution in [2.75, 3.05) is 4.90 Å². The van der Waals surface area contributed by atoms with Crippen molar-refractivity contribution in [3.05, 3.63) is 202 Å². The van der Waals surface area contributed by atoms with Gasteiger partial charge in [-0.2, -0.15) is 0 Å². The number of para-hydroxylation sites is 2. The quantitative estimate of drug-likeness (QED) is 0.172. The molecule has 4 aliphatic rings. The summed E-state index contributed by atoms with van der Waals surface area (Å²) in [6, 6.07) is 60.6. The molecule has 0 saturated carbocycles. The predicted octanol–water partition coefficient (Wildman–Crippen LogP) is 15.8. The molecule has 9 aromatic rings. The topological polar surface area (TPSA) is 8.17 Å². The highest BCUT2D eigenvalue weighted by Gasteiger charge is 2.44. The Bertz CT molecular complexity index is 3470. The number of nitrogens with zero attached hydrogens (tertiary/aromatic N) is 2. The molecule has 0 radical (unpaired) electrons. The first-order valence-corrected chi connectivity index (χ1v) is 22.4. The minimum absolute atomic E-state index is 0.0704. The van der Waals surface area contributed by atoms with Crippen molar-refractivity contribution in [2.24, 2.45) is 0 Å². The molecular weight excluding hydrogens is 749 g/mol. The standard InChI is InChI=1S/C60H50N2/c1-57(2)46-21-11-9-18-40(46)42-28-26-36(31-51(42)57)35-16-13-17-37(30-35)61(38-27-29-43-41-19-10-12-22-47(41)58(3,4)52(43)33-38)39-32-45-44-20-14-23-48-54(44)62-55(45)53(34-39)60(7,8)50-25-15-24-49(56(50)62)59(48,5)6/h9-34H,1-8H3. The summed E-state index contributed by atoms with van der Waals surface area (Å²) in [5.74, 6) is 0. The molecule has 0 atom stereocenters. The van der Waals surface area contributed by atoms with Crippen molar-refractivity contribution >= 4 is 38.9 Å². The number of fused-ring (bicyclic) bond motifs is 7. The summed E-state index contributed by atoms with van der Waals surface area (Å²) in [6.07, 6.45) is 0. The third-order valence-corrected chi connectivity index (χ3v) is 15.9. The molecule has 8 aromatic carbocycles. The normalized spacial score (nSPS) is 16.9. The lowest BCUT2D eigenvalue weighted by Crippen LogP contribution is -2.33. The van der Waals surface area contributed by atoms with Crippen molar-refractivity contribution in [2.45, 2.75) is 77.0 Å². The van der Waals surface area contributed by atoms with Crippen LogP contribution in [-0.4, -0.2) is 4.57 Å². The molecule has 2 heteroatoms. The SMILES string of the molecule is CC1(C)c2ccccc2-c2ccc(-c3cccc(N(c4ccc5c(c4)C(C)(C)c4ccccc4-5)c4cc5c6c(c4)c4cccc7c4n6-c4c(cccc4C5(C)C)C7(C)C)c3)cc21. The first kappa shape index (κ1) is 36.1. The predicted molar refractivity (Wildman–Crippen MR) is 260 cm³/mol. The Morgan fingerprint density at radius 3 is 1.52 bits per heavy atom. The Balaban J connectivity index is 1.07. The van der Waals surface area contributed by atoms with Gasteiger partial charge in [0, 0.05) is 49.5 Å². The molecule has 0 bridgehead atoms. The molecule has 13 rings (SSSR count). The minimum Gasteiger partial charge on any atom is -0.310 e. The van der Waals surface area contributed by atoms with E-state index in [1.165, 1.54) is 117 Å². The number of hydrogen-bond acceptors (Lipinski definition) is 1. The van der Waals surface area contributed by atoms with Gasteiger partial charge in [-0.05, 0) is 120 Å². The van der Waals surface area contributed by atoms with E-state index in [9.17, 15) is 0 Å². The summed E-state index contributed by atoms with van der Waals surface area (Å²) in [5.41, 5.74) is 26.0. The van der Waals surface area contributed by atoms with E-state index in [4.69, 9.17) is 0 Å². The van der Waals surface area contributed by atoms with E-state index >= 15 is 0 Å². The van der Waals surface area contributed by atoms with Crippen LogP contribution in [0.4, 0.5) is 17.1 Å². The fraction of sp³-hybridized carbons (Fsp3) is 0.200. The Hall–Kier alpha value is -6.64. The molecule has 1 aromatic heterocycles. The highest BCUT2D eigenvalue weighted by atomic mass is 15.1. The maximum Gasteiger partial charge on any atom is 0.0583 e. The third-order valence-electron chi connectivity index (χ3n) is 15.9. The molecule has 62 heavy (non-hydrogen) atoms. The van der Waals surface area contributed by atoms with Crippen molar-refractivity contribution in [3.63, 3.8) is 0 Å². The van der Waals surface area contributed by atoms with E-state index in [-0.39, 0.29) is 21.7 Å². The maximum absolute atomic E-state index is 2.63. The lowest BCUT2D eigenvalue weighted by Gasteiger charge is -2.42. The van der Waals surface area contributed by atoms with Crippen molar-refractivity contribution in [1.82, 2.24) is 4.57 Å². The molecule has 0 amide bonds. The van der Waals surface area contributed by atoms with Crippen LogP contribution in [0.2, 0.25) is 0 Å². The van der Waals surface area contributed by atoms with Gasteiger partial charge >= 0.3 is 0 Å². The van der Waals surface area contributed by atoms with Crippen LogP contribution in [0, 0.1) is 0 Å². The summed E-state index contributed by atoms with van der Waals surface area (Å²) >= 11 is 0. The largest absolute Gasteiger partial charge is 0.310 e. The van der Waals surface area contributed by atoms with E-state index < -0.39 is 0 Å². The monoisotopic (exact) mass is 798 g/mol. The van der Waals surface area contributed by atoms with Crippen LogP contribution >= 0.6 is 0 Å². The van der Waals surface area contributed by atoms with Gasteiger partial charge in [0.25, 0.3) is 0 Å². The second-order valence-corrected chi connectivity index (χ2v) is 20.6. The highest BCUT2D eigenvalue weighted by molar-refractivity contribution is 6.15. The van der Waals surface area contributed by atoms with E-state index in [0.717, 1.165) is 5.69 Å². The van der Waals surface area contributed by atoms with Crippen molar-refractivity contribution < 1.29 is 0 Å². The average Bonchev–Trinajstić information content (AvgIpc) is 3.82. The Labute approximate surface area is 365 Å². The van der Waals surface area contributed by atoms with Gasteiger partial charge in [-0.3, -0.25) is 0 Å². The number of aromatic nitrogens is 1. The average molecular weight is 799 g/mol. The minimum atomic E-state index is -0.235. The Morgan fingerprint density at radius 1 is 0.323 bits per heavy atom. The van der Waals surface area contributed by atoms with Crippen molar-refractivity contribution in [3.8, 4) is 39.1 Å². The van der Waals surface area contributed by atoms with Gasteiger partial charge in [0.15, 0.2) is 0 Å². The van der Waals surface area contributed by atoms with Gasteiger partial charge in [0.1, 0.15) is 0 Å². The van der Waals surface area contributed by atoms with Gasteiger partial charge in [-0.15, -0.1) is 0 Å². The first-order chi connectivity index (χ1) is 29.8.